The standard InChI is InChI=1S/C19H19N7O2S/c1-3-17(27)21-8-9-22-18(16-10-13(11-20)12-29-16)19-23-24-25-26(19)14-4-6-15(28-2)7-5-14/h3-7,10,12,18,22H,1,8-9H2,2H3,(H,21,27). The predicted molar refractivity (Wildman–Crippen MR) is 108 cm³/mol. The topological polar surface area (TPSA) is 118 Å². The van der Waals surface area contributed by atoms with E-state index in [2.05, 4.69) is 38.8 Å². The highest BCUT2D eigenvalue weighted by molar-refractivity contribution is 7.10. The van der Waals surface area contributed by atoms with Crippen LogP contribution in [0.1, 0.15) is 22.3 Å². The molecular formula is C19H19N7O2S. The Labute approximate surface area is 171 Å². The second kappa shape index (κ2) is 9.59. The van der Waals surface area contributed by atoms with Crippen LogP contribution < -0.4 is 15.4 Å². The van der Waals surface area contributed by atoms with E-state index in [-0.39, 0.29) is 11.9 Å². The zero-order chi connectivity index (χ0) is 20.6. The average Bonchev–Trinajstić information content (AvgIpc) is 3.43. The van der Waals surface area contributed by atoms with E-state index in [0.717, 1.165) is 16.3 Å². The first-order valence-electron chi connectivity index (χ1n) is 8.71. The maximum absolute atomic E-state index is 11.4. The van der Waals surface area contributed by atoms with Gasteiger partial charge in [-0.25, -0.2) is 0 Å². The van der Waals surface area contributed by atoms with Gasteiger partial charge in [0.25, 0.3) is 0 Å². The van der Waals surface area contributed by atoms with E-state index in [9.17, 15) is 4.79 Å². The second-order valence-electron chi connectivity index (χ2n) is 5.88. The minimum Gasteiger partial charge on any atom is -0.497 e. The lowest BCUT2D eigenvalue weighted by Crippen LogP contribution is -2.34. The number of aromatic nitrogens is 4. The first kappa shape index (κ1) is 20.2. The first-order valence-corrected chi connectivity index (χ1v) is 9.59. The van der Waals surface area contributed by atoms with Gasteiger partial charge in [0.1, 0.15) is 17.9 Å². The van der Waals surface area contributed by atoms with E-state index in [4.69, 9.17) is 10.00 Å². The summed E-state index contributed by atoms with van der Waals surface area (Å²) in [7, 11) is 1.60. The number of nitrogens with one attached hydrogen (secondary N) is 2. The Bertz CT molecular complexity index is 1020. The molecular weight excluding hydrogens is 390 g/mol. The number of methoxy groups -OCH3 is 1. The van der Waals surface area contributed by atoms with Gasteiger partial charge in [0.05, 0.1) is 18.4 Å². The fraction of sp³-hybridized carbons (Fsp3) is 0.211. The van der Waals surface area contributed by atoms with E-state index in [1.54, 1.807) is 23.2 Å². The molecule has 0 bridgehead atoms. The lowest BCUT2D eigenvalue weighted by molar-refractivity contribution is -0.116. The second-order valence-corrected chi connectivity index (χ2v) is 6.82. The lowest BCUT2D eigenvalue weighted by atomic mass is 10.2. The Balaban J connectivity index is 1.87. The summed E-state index contributed by atoms with van der Waals surface area (Å²) in [6.45, 7) is 4.31. The number of benzene rings is 1. The van der Waals surface area contributed by atoms with Gasteiger partial charge >= 0.3 is 0 Å². The largest absolute Gasteiger partial charge is 0.497 e. The zero-order valence-corrected chi connectivity index (χ0v) is 16.5. The fourth-order valence-electron chi connectivity index (χ4n) is 2.64. The summed E-state index contributed by atoms with van der Waals surface area (Å²) in [6.07, 6.45) is 1.22. The molecule has 1 amide bonds. The van der Waals surface area contributed by atoms with E-state index in [0.29, 0.717) is 24.5 Å². The van der Waals surface area contributed by atoms with Crippen molar-refractivity contribution in [2.45, 2.75) is 6.04 Å². The van der Waals surface area contributed by atoms with Crippen molar-refractivity contribution >= 4 is 17.2 Å². The Hall–Kier alpha value is -3.55. The van der Waals surface area contributed by atoms with Crippen molar-refractivity contribution in [3.05, 3.63) is 64.6 Å². The molecule has 29 heavy (non-hydrogen) atoms. The lowest BCUT2D eigenvalue weighted by Gasteiger charge is -2.17. The van der Waals surface area contributed by atoms with Gasteiger partial charge < -0.3 is 15.4 Å². The molecule has 3 aromatic rings. The number of nitrogens with zero attached hydrogens (tertiary/aromatic N) is 5. The van der Waals surface area contributed by atoms with Crippen molar-refractivity contribution in [1.29, 1.82) is 5.26 Å². The van der Waals surface area contributed by atoms with Crippen LogP contribution in [-0.4, -0.2) is 46.3 Å². The molecule has 10 heteroatoms. The molecule has 1 atom stereocenters. The van der Waals surface area contributed by atoms with Crippen molar-refractivity contribution in [1.82, 2.24) is 30.8 Å². The number of thiophene rings is 1. The van der Waals surface area contributed by atoms with Gasteiger partial charge in [-0.05, 0) is 46.8 Å². The maximum Gasteiger partial charge on any atom is 0.243 e. The normalized spacial score (nSPS) is 11.4. The van der Waals surface area contributed by atoms with Crippen LogP contribution in [0.15, 0.2) is 48.4 Å². The molecule has 9 nitrogen and oxygen atoms in total. The van der Waals surface area contributed by atoms with Crippen molar-refractivity contribution in [3.8, 4) is 17.5 Å². The van der Waals surface area contributed by atoms with Gasteiger partial charge in [-0.3, -0.25) is 4.79 Å². The van der Waals surface area contributed by atoms with Crippen LogP contribution in [0.2, 0.25) is 0 Å². The fourth-order valence-corrected chi connectivity index (χ4v) is 3.54. The molecule has 148 valence electrons. The smallest absolute Gasteiger partial charge is 0.243 e. The number of tetrazole rings is 1. The van der Waals surface area contributed by atoms with Gasteiger partial charge in [0, 0.05) is 23.3 Å². The van der Waals surface area contributed by atoms with Crippen LogP contribution >= 0.6 is 11.3 Å². The molecule has 2 N–H and O–H groups in total. The molecule has 0 radical (unpaired) electrons. The molecule has 0 aliphatic rings. The number of hydrogen-bond acceptors (Lipinski definition) is 8. The van der Waals surface area contributed by atoms with Crippen LogP contribution in [0.4, 0.5) is 0 Å². The number of rotatable bonds is 9. The van der Waals surface area contributed by atoms with Gasteiger partial charge in [0.2, 0.25) is 5.91 Å². The van der Waals surface area contributed by atoms with Gasteiger partial charge in [0.15, 0.2) is 5.82 Å². The van der Waals surface area contributed by atoms with Crippen LogP contribution in [0.5, 0.6) is 5.75 Å². The highest BCUT2D eigenvalue weighted by Gasteiger charge is 2.23. The summed E-state index contributed by atoms with van der Waals surface area (Å²) in [5, 5.41) is 29.2. The molecule has 0 fully saturated rings. The van der Waals surface area contributed by atoms with Crippen molar-refractivity contribution in [2.75, 3.05) is 20.2 Å². The van der Waals surface area contributed by atoms with Crippen molar-refractivity contribution in [3.63, 3.8) is 0 Å². The molecule has 0 spiro atoms. The third kappa shape index (κ3) is 4.84. The van der Waals surface area contributed by atoms with E-state index in [1.165, 1.54) is 17.4 Å². The van der Waals surface area contributed by atoms with Crippen LogP contribution in [0.3, 0.4) is 0 Å². The van der Waals surface area contributed by atoms with Crippen molar-refractivity contribution in [2.24, 2.45) is 0 Å². The molecule has 1 unspecified atom stereocenters. The van der Waals surface area contributed by atoms with Crippen LogP contribution in [0, 0.1) is 11.3 Å². The third-order valence-corrected chi connectivity index (χ3v) is 5.06. The SMILES string of the molecule is C=CC(=O)NCCNC(c1cc(C#N)cs1)c1nnnn1-c1ccc(OC)cc1. The van der Waals surface area contributed by atoms with Crippen LogP contribution in [0.25, 0.3) is 5.69 Å². The summed E-state index contributed by atoms with van der Waals surface area (Å²) in [4.78, 5) is 12.2. The molecule has 0 aliphatic heterocycles. The molecule has 1 aromatic carbocycles. The van der Waals surface area contributed by atoms with Gasteiger partial charge in [-0.1, -0.05) is 6.58 Å². The van der Waals surface area contributed by atoms with Gasteiger partial charge in [-0.15, -0.1) is 16.4 Å². The minimum atomic E-state index is -0.361. The molecule has 2 aromatic heterocycles. The van der Waals surface area contributed by atoms with E-state index in [1.807, 2.05) is 24.3 Å². The Morgan fingerprint density at radius 3 is 2.86 bits per heavy atom. The number of carbonyl (C=O) groups excluding carboxylic acids is 1. The number of hydrogen-bond donors (Lipinski definition) is 2. The Kier molecular flexibility index (Phi) is 6.67. The van der Waals surface area contributed by atoms with Gasteiger partial charge in [-0.2, -0.15) is 9.94 Å². The predicted octanol–water partition coefficient (Wildman–Crippen LogP) is 1.59. The Morgan fingerprint density at radius 2 is 2.21 bits per heavy atom. The number of nitriles is 1. The zero-order valence-electron chi connectivity index (χ0n) is 15.7. The minimum absolute atomic E-state index is 0.241. The van der Waals surface area contributed by atoms with Crippen molar-refractivity contribution < 1.29 is 9.53 Å². The van der Waals surface area contributed by atoms with E-state index < -0.39 is 0 Å². The number of ether oxygens (including phenoxy) is 1. The molecule has 0 aliphatic carbocycles. The number of amides is 1. The molecule has 2 heterocycles. The highest BCUT2D eigenvalue weighted by Crippen LogP contribution is 2.27. The average molecular weight is 409 g/mol. The first-order chi connectivity index (χ1) is 14.2. The molecule has 0 saturated heterocycles. The third-order valence-electron chi connectivity index (χ3n) is 4.06. The summed E-state index contributed by atoms with van der Waals surface area (Å²) in [6, 6.07) is 10.9. The Morgan fingerprint density at radius 1 is 1.41 bits per heavy atom. The van der Waals surface area contributed by atoms with E-state index >= 15 is 0 Å². The molecule has 3 rings (SSSR count). The summed E-state index contributed by atoms with van der Waals surface area (Å²) in [5.74, 6) is 1.05. The van der Waals surface area contributed by atoms with Crippen LogP contribution in [-0.2, 0) is 4.79 Å². The molecule has 0 saturated carbocycles. The maximum atomic E-state index is 11.4. The quantitative estimate of drug-likeness (QED) is 0.407. The summed E-state index contributed by atoms with van der Waals surface area (Å²) in [5.41, 5.74) is 1.34. The summed E-state index contributed by atoms with van der Waals surface area (Å²) < 4.78 is 6.83. The summed E-state index contributed by atoms with van der Waals surface area (Å²) >= 11 is 1.44. The highest BCUT2D eigenvalue weighted by atomic mass is 32.1. The number of carbonyl (C=O) groups is 1. The monoisotopic (exact) mass is 409 g/mol.